The van der Waals surface area contributed by atoms with Crippen molar-refractivity contribution in [3.05, 3.63) is 41.1 Å². The average molecular weight is 281 g/mol. The van der Waals surface area contributed by atoms with E-state index in [2.05, 4.69) is 5.10 Å². The number of aromatic amines is 1. The molecule has 0 aliphatic carbocycles. The molecule has 0 unspecified atom stereocenters. The van der Waals surface area contributed by atoms with Crippen molar-refractivity contribution >= 4 is 5.91 Å². The van der Waals surface area contributed by atoms with Crippen molar-refractivity contribution in [3.8, 4) is 11.3 Å². The van der Waals surface area contributed by atoms with Gasteiger partial charge in [-0.15, -0.1) is 0 Å². The Bertz CT molecular complexity index is 690. The molecule has 4 nitrogen and oxygen atoms in total. The number of rotatable bonds is 1. The molecule has 7 heteroatoms. The van der Waals surface area contributed by atoms with Crippen LogP contribution in [-0.2, 0) is 12.7 Å². The first kappa shape index (κ1) is 12.7. The zero-order valence-electron chi connectivity index (χ0n) is 10.5. The fraction of sp³-hybridized carbons (Fsp3) is 0.231. The Morgan fingerprint density at radius 2 is 2.05 bits per heavy atom. The Hall–Kier alpha value is -2.31. The summed E-state index contributed by atoms with van der Waals surface area (Å²) >= 11 is 0. The fourth-order valence-electron chi connectivity index (χ4n) is 2.24. The number of amides is 1. The van der Waals surface area contributed by atoms with Gasteiger partial charge in [-0.25, -0.2) is 0 Å². The molecule has 1 N–H and O–H groups in total. The summed E-state index contributed by atoms with van der Waals surface area (Å²) in [6.07, 6.45) is -4.45. The third kappa shape index (κ3) is 1.95. The molecule has 2 heterocycles. The largest absolute Gasteiger partial charge is 0.432 e. The molecular formula is C13H10F3N3O. The second-order valence-corrected chi connectivity index (χ2v) is 4.70. The lowest BCUT2D eigenvalue weighted by Crippen LogP contribution is -2.17. The highest BCUT2D eigenvalue weighted by Crippen LogP contribution is 2.32. The van der Waals surface area contributed by atoms with Crippen molar-refractivity contribution in [1.82, 2.24) is 15.1 Å². The summed E-state index contributed by atoms with van der Waals surface area (Å²) in [5.41, 5.74) is 1.26. The topological polar surface area (TPSA) is 49.0 Å². The van der Waals surface area contributed by atoms with Gasteiger partial charge in [0.1, 0.15) is 5.69 Å². The van der Waals surface area contributed by atoms with E-state index in [1.165, 1.54) is 0 Å². The predicted octanol–water partition coefficient (Wildman–Crippen LogP) is 2.68. The van der Waals surface area contributed by atoms with E-state index in [1.54, 1.807) is 30.1 Å². The normalized spacial score (nSPS) is 14.8. The van der Waals surface area contributed by atoms with Gasteiger partial charge < -0.3 is 4.90 Å². The van der Waals surface area contributed by atoms with Crippen LogP contribution >= 0.6 is 0 Å². The van der Waals surface area contributed by atoms with Crippen molar-refractivity contribution in [1.29, 1.82) is 0 Å². The van der Waals surface area contributed by atoms with E-state index < -0.39 is 11.9 Å². The summed E-state index contributed by atoms with van der Waals surface area (Å²) in [4.78, 5) is 13.3. The van der Waals surface area contributed by atoms with E-state index in [0.717, 1.165) is 11.6 Å². The standard InChI is InChI=1S/C13H10F3N3O/c1-19-6-8-4-7(2-3-9(8)12(19)20)10-5-11(18-17-10)13(14,15)16/h2-5H,6H2,1H3,(H,17,18). The maximum Gasteiger partial charge on any atom is 0.432 e. The van der Waals surface area contributed by atoms with Gasteiger partial charge in [-0.2, -0.15) is 18.3 Å². The van der Waals surface area contributed by atoms with Crippen LogP contribution in [-0.4, -0.2) is 28.1 Å². The van der Waals surface area contributed by atoms with Crippen LogP contribution in [0.25, 0.3) is 11.3 Å². The second-order valence-electron chi connectivity index (χ2n) is 4.70. The number of fused-ring (bicyclic) bond motifs is 1. The minimum absolute atomic E-state index is 0.0791. The number of hydrogen-bond acceptors (Lipinski definition) is 2. The van der Waals surface area contributed by atoms with Crippen molar-refractivity contribution in [3.63, 3.8) is 0 Å². The van der Waals surface area contributed by atoms with E-state index in [9.17, 15) is 18.0 Å². The summed E-state index contributed by atoms with van der Waals surface area (Å²) in [7, 11) is 1.68. The van der Waals surface area contributed by atoms with Crippen molar-refractivity contribution in [2.24, 2.45) is 0 Å². The first-order chi connectivity index (χ1) is 9.36. The van der Waals surface area contributed by atoms with Gasteiger partial charge in [-0.05, 0) is 23.8 Å². The van der Waals surface area contributed by atoms with Crippen LogP contribution in [0.1, 0.15) is 21.6 Å². The van der Waals surface area contributed by atoms with Gasteiger partial charge in [-0.3, -0.25) is 9.89 Å². The molecule has 1 aromatic heterocycles. The summed E-state index contributed by atoms with van der Waals surface area (Å²) in [5, 5.41) is 5.65. The van der Waals surface area contributed by atoms with Crippen LogP contribution in [0.5, 0.6) is 0 Å². The van der Waals surface area contributed by atoms with E-state index in [-0.39, 0.29) is 11.6 Å². The molecule has 1 aromatic carbocycles. The Kier molecular flexibility index (Phi) is 2.60. The molecular weight excluding hydrogens is 271 g/mol. The number of H-pyrrole nitrogens is 1. The molecule has 0 atom stereocenters. The second kappa shape index (κ2) is 4.09. The van der Waals surface area contributed by atoms with Crippen LogP contribution < -0.4 is 0 Å². The maximum atomic E-state index is 12.5. The number of benzene rings is 1. The van der Waals surface area contributed by atoms with E-state index in [4.69, 9.17) is 0 Å². The predicted molar refractivity (Wildman–Crippen MR) is 64.8 cm³/mol. The van der Waals surface area contributed by atoms with E-state index in [0.29, 0.717) is 17.7 Å². The molecule has 1 aliphatic heterocycles. The lowest BCUT2D eigenvalue weighted by Gasteiger charge is -2.04. The number of nitrogens with zero attached hydrogens (tertiary/aromatic N) is 2. The van der Waals surface area contributed by atoms with Crippen LogP contribution in [0.15, 0.2) is 24.3 Å². The molecule has 1 aliphatic rings. The lowest BCUT2D eigenvalue weighted by molar-refractivity contribution is -0.141. The van der Waals surface area contributed by atoms with Crippen molar-refractivity contribution in [2.45, 2.75) is 12.7 Å². The van der Waals surface area contributed by atoms with Gasteiger partial charge >= 0.3 is 6.18 Å². The molecule has 0 spiro atoms. The van der Waals surface area contributed by atoms with E-state index in [1.807, 2.05) is 5.10 Å². The Balaban J connectivity index is 1.99. The van der Waals surface area contributed by atoms with Gasteiger partial charge in [0.15, 0.2) is 0 Å². The van der Waals surface area contributed by atoms with Gasteiger partial charge in [0.25, 0.3) is 5.91 Å². The maximum absolute atomic E-state index is 12.5. The van der Waals surface area contributed by atoms with Crippen molar-refractivity contribution < 1.29 is 18.0 Å². The Morgan fingerprint density at radius 3 is 2.70 bits per heavy atom. The van der Waals surface area contributed by atoms with Crippen LogP contribution in [0.2, 0.25) is 0 Å². The van der Waals surface area contributed by atoms with Crippen molar-refractivity contribution in [2.75, 3.05) is 7.05 Å². The molecule has 20 heavy (non-hydrogen) atoms. The summed E-state index contributed by atoms with van der Waals surface area (Å²) in [5.74, 6) is -0.0791. The molecule has 2 aromatic rings. The smallest absolute Gasteiger partial charge is 0.337 e. The van der Waals surface area contributed by atoms with Crippen LogP contribution in [0, 0.1) is 0 Å². The molecule has 0 saturated carbocycles. The first-order valence-corrected chi connectivity index (χ1v) is 5.87. The zero-order valence-corrected chi connectivity index (χ0v) is 10.5. The summed E-state index contributed by atoms with van der Waals surface area (Å²) < 4.78 is 37.5. The third-order valence-corrected chi connectivity index (χ3v) is 3.27. The first-order valence-electron chi connectivity index (χ1n) is 5.87. The minimum Gasteiger partial charge on any atom is -0.337 e. The highest BCUT2D eigenvalue weighted by atomic mass is 19.4. The fourth-order valence-corrected chi connectivity index (χ4v) is 2.24. The van der Waals surface area contributed by atoms with Gasteiger partial charge in [-0.1, -0.05) is 6.07 Å². The molecule has 1 amide bonds. The molecule has 0 radical (unpaired) electrons. The molecule has 0 saturated heterocycles. The Morgan fingerprint density at radius 1 is 1.30 bits per heavy atom. The number of carbonyl (C=O) groups excluding carboxylic acids is 1. The quantitative estimate of drug-likeness (QED) is 0.873. The van der Waals surface area contributed by atoms with E-state index >= 15 is 0 Å². The van der Waals surface area contributed by atoms with Crippen LogP contribution in [0.3, 0.4) is 0 Å². The van der Waals surface area contributed by atoms with Gasteiger partial charge in [0.05, 0.1) is 5.69 Å². The summed E-state index contributed by atoms with van der Waals surface area (Å²) in [6.45, 7) is 0.457. The zero-order chi connectivity index (χ0) is 14.5. The van der Waals surface area contributed by atoms with Crippen LogP contribution in [0.4, 0.5) is 13.2 Å². The minimum atomic E-state index is -4.45. The number of nitrogens with one attached hydrogen (secondary N) is 1. The Labute approximate surface area is 112 Å². The number of carbonyl (C=O) groups is 1. The number of hydrogen-bond donors (Lipinski definition) is 1. The monoisotopic (exact) mass is 281 g/mol. The highest BCUT2D eigenvalue weighted by molar-refractivity contribution is 5.98. The SMILES string of the molecule is CN1Cc2cc(-c3cc(C(F)(F)F)[nH]n3)ccc2C1=O. The van der Waals surface area contributed by atoms with Gasteiger partial charge in [0, 0.05) is 24.7 Å². The average Bonchev–Trinajstić information content (AvgIpc) is 2.95. The molecule has 104 valence electrons. The number of aromatic nitrogens is 2. The lowest BCUT2D eigenvalue weighted by atomic mass is 10.0. The molecule has 0 bridgehead atoms. The number of halogens is 3. The van der Waals surface area contributed by atoms with Gasteiger partial charge in [0.2, 0.25) is 0 Å². The summed E-state index contributed by atoms with van der Waals surface area (Å²) in [6, 6.07) is 5.89. The number of alkyl halides is 3. The molecule has 3 rings (SSSR count). The highest BCUT2D eigenvalue weighted by Gasteiger charge is 2.33. The molecule has 0 fully saturated rings. The third-order valence-electron chi connectivity index (χ3n) is 3.27.